The smallest absolute Gasteiger partial charge is 0.254 e. The zero-order chi connectivity index (χ0) is 23.5. The number of amides is 2. The van der Waals surface area contributed by atoms with E-state index in [0.29, 0.717) is 38.2 Å². The molecule has 0 saturated carbocycles. The van der Waals surface area contributed by atoms with E-state index in [1.54, 1.807) is 4.90 Å². The van der Waals surface area contributed by atoms with E-state index in [1.165, 1.54) is 12.0 Å². The molecule has 1 N–H and O–H groups in total. The molecule has 0 radical (unpaired) electrons. The van der Waals surface area contributed by atoms with Crippen molar-refractivity contribution in [3.8, 4) is 5.75 Å². The summed E-state index contributed by atoms with van der Waals surface area (Å²) in [4.78, 5) is 31.5. The fourth-order valence-electron chi connectivity index (χ4n) is 5.34. The number of carbonyl (C=O) groups is 2. The van der Waals surface area contributed by atoms with Crippen LogP contribution in [0.15, 0.2) is 42.5 Å². The van der Waals surface area contributed by atoms with Gasteiger partial charge in [-0.05, 0) is 61.7 Å². The van der Waals surface area contributed by atoms with Gasteiger partial charge in [-0.2, -0.15) is 0 Å². The summed E-state index contributed by atoms with van der Waals surface area (Å²) in [6.45, 7) is 4.13. The van der Waals surface area contributed by atoms with Gasteiger partial charge in [0.25, 0.3) is 5.91 Å². The van der Waals surface area contributed by atoms with E-state index in [1.807, 2.05) is 35.2 Å². The molecule has 3 heterocycles. The van der Waals surface area contributed by atoms with Crippen LogP contribution in [0.1, 0.15) is 53.6 Å². The van der Waals surface area contributed by atoms with E-state index >= 15 is 0 Å². The third kappa shape index (κ3) is 4.81. The second-order valence-electron chi connectivity index (χ2n) is 9.52. The number of aliphatic hydroxyl groups is 1. The number of hydrogen-bond donors (Lipinski definition) is 1. The monoisotopic (exact) mass is 463 g/mol. The first-order valence-corrected chi connectivity index (χ1v) is 12.4. The Morgan fingerprint density at radius 1 is 1.06 bits per heavy atom. The van der Waals surface area contributed by atoms with Crippen LogP contribution in [0.3, 0.4) is 0 Å². The third-order valence-electron chi connectivity index (χ3n) is 7.22. The minimum absolute atomic E-state index is 0.0493. The minimum atomic E-state index is -0.0493. The Balaban J connectivity index is 1.32. The van der Waals surface area contributed by atoms with E-state index in [2.05, 4.69) is 17.0 Å². The topological polar surface area (TPSA) is 73.3 Å². The fourth-order valence-corrected chi connectivity index (χ4v) is 5.34. The summed E-state index contributed by atoms with van der Waals surface area (Å²) >= 11 is 0. The average Bonchev–Trinajstić information content (AvgIpc) is 3.18. The number of hydrogen-bond acceptors (Lipinski definition) is 5. The second kappa shape index (κ2) is 10.2. The van der Waals surface area contributed by atoms with Crippen molar-refractivity contribution < 1.29 is 19.4 Å². The van der Waals surface area contributed by atoms with Crippen molar-refractivity contribution >= 4 is 17.5 Å². The maximum atomic E-state index is 13.4. The molecule has 2 fully saturated rings. The highest BCUT2D eigenvalue weighted by Gasteiger charge is 2.26. The van der Waals surface area contributed by atoms with Crippen molar-refractivity contribution in [2.45, 2.75) is 51.2 Å². The van der Waals surface area contributed by atoms with Gasteiger partial charge in [-0.3, -0.25) is 14.5 Å². The Hall–Kier alpha value is -2.90. The number of likely N-dealkylation sites (tertiary alicyclic amines) is 1. The zero-order valence-electron chi connectivity index (χ0n) is 19.6. The first kappa shape index (κ1) is 22.9. The normalized spacial score (nSPS) is 21.2. The van der Waals surface area contributed by atoms with Gasteiger partial charge in [-0.25, -0.2) is 0 Å². The predicted octanol–water partition coefficient (Wildman–Crippen LogP) is 3.20. The minimum Gasteiger partial charge on any atom is -0.491 e. The number of ether oxygens (including phenoxy) is 1. The van der Waals surface area contributed by atoms with Crippen LogP contribution in [0.2, 0.25) is 0 Å². The molecular formula is C27H33N3O4. The number of nitrogens with zero attached hydrogens (tertiary/aromatic N) is 3. The van der Waals surface area contributed by atoms with E-state index in [-0.39, 0.29) is 24.5 Å². The number of anilines is 1. The summed E-state index contributed by atoms with van der Waals surface area (Å²) in [5, 5.41) is 9.75. The van der Waals surface area contributed by atoms with E-state index < -0.39 is 0 Å². The van der Waals surface area contributed by atoms with Crippen LogP contribution in [0.4, 0.5) is 5.69 Å². The van der Waals surface area contributed by atoms with Crippen LogP contribution >= 0.6 is 0 Å². The molecule has 2 amide bonds. The van der Waals surface area contributed by atoms with Gasteiger partial charge in [0.05, 0.1) is 13.2 Å². The molecule has 2 aromatic carbocycles. The molecule has 3 aliphatic rings. The first-order chi connectivity index (χ1) is 16.6. The Bertz CT molecular complexity index is 1060. The molecule has 2 saturated heterocycles. The van der Waals surface area contributed by atoms with Gasteiger partial charge in [-0.1, -0.05) is 18.6 Å². The second-order valence-corrected chi connectivity index (χ2v) is 9.52. The lowest BCUT2D eigenvalue weighted by atomic mass is 10.0. The molecule has 1 atom stereocenters. The van der Waals surface area contributed by atoms with Crippen molar-refractivity contribution in [3.05, 3.63) is 59.2 Å². The van der Waals surface area contributed by atoms with Gasteiger partial charge in [-0.15, -0.1) is 0 Å². The summed E-state index contributed by atoms with van der Waals surface area (Å²) in [6, 6.07) is 13.9. The molecule has 7 nitrogen and oxygen atoms in total. The SMILES string of the molecule is O=C(c1cccc(N2CCCC2=O)c1)N1CCOc2ccc(CN3CCCCC3CO)cc2C1. The number of piperidine rings is 1. The highest BCUT2D eigenvalue weighted by Crippen LogP contribution is 2.28. The average molecular weight is 464 g/mol. The van der Waals surface area contributed by atoms with Crippen molar-refractivity contribution in [3.63, 3.8) is 0 Å². The zero-order valence-corrected chi connectivity index (χ0v) is 19.6. The molecule has 0 aliphatic carbocycles. The Kier molecular flexibility index (Phi) is 6.83. The lowest BCUT2D eigenvalue weighted by Crippen LogP contribution is -2.41. The van der Waals surface area contributed by atoms with Crippen molar-refractivity contribution in [2.75, 3.05) is 37.7 Å². The van der Waals surface area contributed by atoms with E-state index in [4.69, 9.17) is 4.74 Å². The lowest BCUT2D eigenvalue weighted by Gasteiger charge is -2.34. The van der Waals surface area contributed by atoms with Gasteiger partial charge in [0.2, 0.25) is 5.91 Å². The van der Waals surface area contributed by atoms with Crippen LogP contribution in [0.25, 0.3) is 0 Å². The van der Waals surface area contributed by atoms with Crippen molar-refractivity contribution in [1.82, 2.24) is 9.80 Å². The van der Waals surface area contributed by atoms with Crippen LogP contribution in [-0.4, -0.2) is 65.6 Å². The maximum Gasteiger partial charge on any atom is 0.254 e. The molecule has 34 heavy (non-hydrogen) atoms. The molecule has 0 spiro atoms. The molecule has 7 heteroatoms. The highest BCUT2D eigenvalue weighted by molar-refractivity contribution is 5.99. The summed E-state index contributed by atoms with van der Waals surface area (Å²) < 4.78 is 5.97. The molecule has 180 valence electrons. The van der Waals surface area contributed by atoms with E-state index in [9.17, 15) is 14.7 Å². The molecule has 1 unspecified atom stereocenters. The maximum absolute atomic E-state index is 13.4. The Labute approximate surface area is 200 Å². The summed E-state index contributed by atoms with van der Waals surface area (Å²) in [6.07, 6.45) is 4.79. The van der Waals surface area contributed by atoms with Gasteiger partial charge in [0.1, 0.15) is 12.4 Å². The Morgan fingerprint density at radius 2 is 1.97 bits per heavy atom. The largest absolute Gasteiger partial charge is 0.491 e. The molecule has 2 aromatic rings. The van der Waals surface area contributed by atoms with Crippen LogP contribution in [-0.2, 0) is 17.9 Å². The predicted molar refractivity (Wildman–Crippen MR) is 130 cm³/mol. The third-order valence-corrected chi connectivity index (χ3v) is 7.22. The fraction of sp³-hybridized carbons (Fsp3) is 0.481. The van der Waals surface area contributed by atoms with Gasteiger partial charge >= 0.3 is 0 Å². The molecule has 3 aliphatic heterocycles. The van der Waals surface area contributed by atoms with Gasteiger partial charge in [0, 0.05) is 48.9 Å². The Morgan fingerprint density at radius 3 is 2.79 bits per heavy atom. The number of carbonyl (C=O) groups excluding carboxylic acids is 2. The quantitative estimate of drug-likeness (QED) is 0.737. The molecule has 0 aromatic heterocycles. The summed E-state index contributed by atoms with van der Waals surface area (Å²) in [5.74, 6) is 0.894. The van der Waals surface area contributed by atoms with E-state index in [0.717, 1.165) is 49.4 Å². The highest BCUT2D eigenvalue weighted by atomic mass is 16.5. The number of benzene rings is 2. The summed E-state index contributed by atoms with van der Waals surface area (Å²) in [5.41, 5.74) is 3.57. The number of fused-ring (bicyclic) bond motifs is 1. The number of rotatable bonds is 5. The molecular weight excluding hydrogens is 430 g/mol. The summed E-state index contributed by atoms with van der Waals surface area (Å²) in [7, 11) is 0. The molecule has 5 rings (SSSR count). The standard InChI is InChI=1S/C27H33N3O4/c31-19-24-6-1-2-11-28(24)17-20-9-10-25-22(15-20)18-29(13-14-34-25)27(33)21-5-3-7-23(16-21)30-12-4-8-26(30)32/h3,5,7,9-10,15-16,24,31H,1-2,4,6,8,11-14,17-19H2. The van der Waals surface area contributed by atoms with Crippen LogP contribution in [0, 0.1) is 0 Å². The van der Waals surface area contributed by atoms with Gasteiger partial charge < -0.3 is 19.6 Å². The molecule has 0 bridgehead atoms. The van der Waals surface area contributed by atoms with Crippen LogP contribution in [0.5, 0.6) is 5.75 Å². The number of aliphatic hydroxyl groups excluding tert-OH is 1. The first-order valence-electron chi connectivity index (χ1n) is 12.4. The lowest BCUT2D eigenvalue weighted by molar-refractivity contribution is -0.117. The van der Waals surface area contributed by atoms with Crippen molar-refractivity contribution in [1.29, 1.82) is 0 Å². The van der Waals surface area contributed by atoms with Gasteiger partial charge in [0.15, 0.2) is 0 Å². The van der Waals surface area contributed by atoms with Crippen LogP contribution < -0.4 is 9.64 Å². The van der Waals surface area contributed by atoms with Crippen molar-refractivity contribution in [2.24, 2.45) is 0 Å².